The van der Waals surface area contributed by atoms with Gasteiger partial charge in [-0.25, -0.2) is 0 Å². The molecule has 0 N–H and O–H groups in total. The van der Waals surface area contributed by atoms with E-state index < -0.39 is 0 Å². The van der Waals surface area contributed by atoms with Crippen molar-refractivity contribution >= 4 is 8.96 Å². The van der Waals surface area contributed by atoms with E-state index in [1.807, 2.05) is 13.1 Å². The molecule has 0 aromatic rings. The van der Waals surface area contributed by atoms with Crippen LogP contribution in [-0.2, 0) is 4.52 Å². The van der Waals surface area contributed by atoms with E-state index in [1.54, 1.807) is 6.26 Å². The van der Waals surface area contributed by atoms with E-state index in [9.17, 15) is 0 Å². The van der Waals surface area contributed by atoms with Gasteiger partial charge in [0, 0.05) is 6.54 Å². The van der Waals surface area contributed by atoms with Gasteiger partial charge >= 0.3 is 0 Å². The summed E-state index contributed by atoms with van der Waals surface area (Å²) in [4.78, 5) is 0. The average Bonchev–Trinajstić information content (AvgIpc) is 1.69. The summed E-state index contributed by atoms with van der Waals surface area (Å²) in [6.45, 7) is 1.03. The van der Waals surface area contributed by atoms with Gasteiger partial charge in [-0.2, -0.15) is 0 Å². The molecule has 0 amide bonds. The minimum atomic E-state index is 0.522. The van der Waals surface area contributed by atoms with Crippen molar-refractivity contribution in [1.29, 1.82) is 0 Å². The normalized spacial score (nSPS) is 25.3. The SMILES string of the molecule is CN1CC=COP1. The van der Waals surface area contributed by atoms with Crippen molar-refractivity contribution in [2.75, 3.05) is 13.6 Å². The van der Waals surface area contributed by atoms with E-state index >= 15 is 0 Å². The van der Waals surface area contributed by atoms with Crippen LogP contribution in [0.25, 0.3) is 0 Å². The van der Waals surface area contributed by atoms with Crippen LogP contribution >= 0.6 is 8.96 Å². The van der Waals surface area contributed by atoms with Crippen LogP contribution in [0.5, 0.6) is 0 Å². The minimum absolute atomic E-state index is 0.522. The van der Waals surface area contributed by atoms with Gasteiger partial charge in [-0.1, -0.05) is 0 Å². The zero-order chi connectivity index (χ0) is 5.11. The molecule has 0 aromatic heterocycles. The van der Waals surface area contributed by atoms with E-state index in [2.05, 4.69) is 4.67 Å². The molecule has 0 aliphatic carbocycles. The Kier molecular flexibility index (Phi) is 1.66. The third-order valence-corrected chi connectivity index (χ3v) is 1.49. The lowest BCUT2D eigenvalue weighted by atomic mass is 10.6. The number of hydrogen-bond acceptors (Lipinski definition) is 2. The van der Waals surface area contributed by atoms with E-state index in [4.69, 9.17) is 4.52 Å². The predicted molar refractivity (Wildman–Crippen MR) is 31.2 cm³/mol. The Morgan fingerprint density at radius 2 is 2.71 bits per heavy atom. The van der Waals surface area contributed by atoms with Gasteiger partial charge in [0.1, 0.15) is 8.96 Å². The summed E-state index contributed by atoms with van der Waals surface area (Å²) >= 11 is 0. The van der Waals surface area contributed by atoms with Crippen LogP contribution < -0.4 is 0 Å². The van der Waals surface area contributed by atoms with E-state index in [1.165, 1.54) is 0 Å². The second kappa shape index (κ2) is 2.29. The van der Waals surface area contributed by atoms with Crippen LogP contribution in [0.15, 0.2) is 12.3 Å². The van der Waals surface area contributed by atoms with Crippen LogP contribution in [0.4, 0.5) is 0 Å². The fraction of sp³-hybridized carbons (Fsp3) is 0.500. The maximum Gasteiger partial charge on any atom is 0.148 e. The van der Waals surface area contributed by atoms with Crippen LogP contribution in [0, 0.1) is 0 Å². The molecule has 0 radical (unpaired) electrons. The van der Waals surface area contributed by atoms with Gasteiger partial charge in [0.15, 0.2) is 0 Å². The molecule has 3 heteroatoms. The first-order chi connectivity index (χ1) is 3.39. The summed E-state index contributed by atoms with van der Waals surface area (Å²) in [5.74, 6) is 0. The van der Waals surface area contributed by atoms with Crippen LogP contribution in [0.2, 0.25) is 0 Å². The molecule has 0 spiro atoms. The minimum Gasteiger partial charge on any atom is -0.469 e. The maximum atomic E-state index is 4.95. The molecule has 7 heavy (non-hydrogen) atoms. The van der Waals surface area contributed by atoms with Crippen molar-refractivity contribution in [2.45, 2.75) is 0 Å². The highest BCUT2D eigenvalue weighted by molar-refractivity contribution is 7.29. The Bertz CT molecular complexity index is 83.8. The topological polar surface area (TPSA) is 12.5 Å². The molecule has 1 rings (SSSR count). The smallest absolute Gasteiger partial charge is 0.148 e. The Labute approximate surface area is 45.1 Å². The van der Waals surface area contributed by atoms with Gasteiger partial charge < -0.3 is 4.52 Å². The highest BCUT2D eigenvalue weighted by Gasteiger charge is 1.96. The summed E-state index contributed by atoms with van der Waals surface area (Å²) in [7, 11) is 2.55. The zero-order valence-electron chi connectivity index (χ0n) is 4.22. The summed E-state index contributed by atoms with van der Waals surface area (Å²) in [6, 6.07) is 0. The fourth-order valence-electron chi connectivity index (χ4n) is 0.407. The largest absolute Gasteiger partial charge is 0.469 e. The highest BCUT2D eigenvalue weighted by Crippen LogP contribution is 2.19. The molecule has 1 unspecified atom stereocenters. The molecule has 2 nitrogen and oxygen atoms in total. The van der Waals surface area contributed by atoms with Gasteiger partial charge in [-0.05, 0) is 13.1 Å². The van der Waals surface area contributed by atoms with Crippen molar-refractivity contribution < 1.29 is 4.52 Å². The van der Waals surface area contributed by atoms with Gasteiger partial charge in [-0.15, -0.1) is 0 Å². The number of likely N-dealkylation sites (N-methyl/N-ethyl adjacent to an activating group) is 1. The van der Waals surface area contributed by atoms with Crippen LogP contribution in [0.1, 0.15) is 0 Å². The molecule has 0 saturated carbocycles. The van der Waals surface area contributed by atoms with E-state index in [-0.39, 0.29) is 0 Å². The summed E-state index contributed by atoms with van der Waals surface area (Å²) in [6.07, 6.45) is 3.74. The third kappa shape index (κ3) is 1.46. The maximum absolute atomic E-state index is 4.95. The second-order valence-corrected chi connectivity index (χ2v) is 2.64. The van der Waals surface area contributed by atoms with Gasteiger partial charge in [0.05, 0.1) is 6.26 Å². The Morgan fingerprint density at radius 1 is 1.86 bits per heavy atom. The van der Waals surface area contributed by atoms with Crippen molar-refractivity contribution in [3.63, 3.8) is 0 Å². The van der Waals surface area contributed by atoms with Crippen molar-refractivity contribution in [3.8, 4) is 0 Å². The van der Waals surface area contributed by atoms with Crippen molar-refractivity contribution in [2.24, 2.45) is 0 Å². The molecule has 1 aliphatic rings. The number of nitrogens with zero attached hydrogens (tertiary/aromatic N) is 1. The van der Waals surface area contributed by atoms with Crippen molar-refractivity contribution in [1.82, 2.24) is 4.67 Å². The highest BCUT2D eigenvalue weighted by atomic mass is 31.1. The molecular weight excluding hydrogens is 109 g/mol. The lowest BCUT2D eigenvalue weighted by molar-refractivity contribution is 0.451. The molecule has 0 saturated heterocycles. The molecule has 0 aromatic carbocycles. The first-order valence-electron chi connectivity index (χ1n) is 2.17. The third-order valence-electron chi connectivity index (χ3n) is 0.752. The Hall–Kier alpha value is -0.0700. The quantitative estimate of drug-likeness (QED) is 0.438. The molecule has 1 atom stereocenters. The molecule has 0 fully saturated rings. The van der Waals surface area contributed by atoms with Crippen LogP contribution in [-0.4, -0.2) is 18.3 Å². The lowest BCUT2D eigenvalue weighted by Crippen LogP contribution is -2.08. The second-order valence-electron chi connectivity index (χ2n) is 1.46. The zero-order valence-corrected chi connectivity index (χ0v) is 5.22. The molecule has 1 heterocycles. The van der Waals surface area contributed by atoms with E-state index in [0.717, 1.165) is 6.54 Å². The Morgan fingerprint density at radius 3 is 3.00 bits per heavy atom. The van der Waals surface area contributed by atoms with Gasteiger partial charge in [0.25, 0.3) is 0 Å². The number of hydrogen-bond donors (Lipinski definition) is 0. The average molecular weight is 117 g/mol. The first kappa shape index (κ1) is 5.07. The van der Waals surface area contributed by atoms with Gasteiger partial charge in [0.2, 0.25) is 0 Å². The lowest BCUT2D eigenvalue weighted by Gasteiger charge is -2.15. The number of rotatable bonds is 0. The van der Waals surface area contributed by atoms with Gasteiger partial charge in [-0.3, -0.25) is 4.67 Å². The molecule has 0 bridgehead atoms. The molecular formula is C4H8NOP. The van der Waals surface area contributed by atoms with Crippen LogP contribution in [0.3, 0.4) is 0 Å². The first-order valence-corrected chi connectivity index (χ1v) is 3.02. The standard InChI is InChI=1S/C4H8NOP/c1-5-3-2-4-6-7-5/h2,4,7H,3H2,1H3. The fourth-order valence-corrected chi connectivity index (χ4v) is 0.924. The van der Waals surface area contributed by atoms with Crippen molar-refractivity contribution in [3.05, 3.63) is 12.3 Å². The molecule has 40 valence electrons. The monoisotopic (exact) mass is 117 g/mol. The molecule has 1 aliphatic heterocycles. The summed E-state index contributed by atoms with van der Waals surface area (Å²) in [5, 5.41) is 0. The summed E-state index contributed by atoms with van der Waals surface area (Å²) < 4.78 is 7.07. The predicted octanol–water partition coefficient (Wildman–Crippen LogP) is 0.971. The van der Waals surface area contributed by atoms with E-state index in [0.29, 0.717) is 8.96 Å². The summed E-state index contributed by atoms with van der Waals surface area (Å²) in [5.41, 5.74) is 0. The Balaban J connectivity index is 2.32.